The molecule has 1 N–H and O–H groups in total. The van der Waals surface area contributed by atoms with E-state index in [4.69, 9.17) is 0 Å². The number of nitrogens with zero attached hydrogens (tertiary/aromatic N) is 3. The van der Waals surface area contributed by atoms with E-state index in [2.05, 4.69) is 10.4 Å². The smallest absolute Gasteiger partial charge is 0.247 e. The predicted molar refractivity (Wildman–Crippen MR) is 65.6 cm³/mol. The van der Waals surface area contributed by atoms with Crippen LogP contribution in [0.15, 0.2) is 18.5 Å². The molecule has 1 saturated heterocycles. The summed E-state index contributed by atoms with van der Waals surface area (Å²) in [7, 11) is 1.90. The molecule has 1 unspecified atom stereocenters. The second-order valence-corrected chi connectivity index (χ2v) is 4.59. The normalized spacial score (nSPS) is 18.9. The lowest BCUT2D eigenvalue weighted by Crippen LogP contribution is -2.46. The minimum absolute atomic E-state index is 0.139. The summed E-state index contributed by atoms with van der Waals surface area (Å²) in [6, 6.07) is 1.99. The molecule has 5 heteroatoms. The van der Waals surface area contributed by atoms with Crippen LogP contribution in [0.1, 0.15) is 25.8 Å². The Morgan fingerprint density at radius 3 is 2.82 bits per heavy atom. The van der Waals surface area contributed by atoms with Crippen molar-refractivity contribution in [1.29, 1.82) is 0 Å². The van der Waals surface area contributed by atoms with Crippen LogP contribution in [-0.2, 0) is 4.79 Å². The van der Waals surface area contributed by atoms with Gasteiger partial charge in [-0.15, -0.1) is 0 Å². The van der Waals surface area contributed by atoms with Gasteiger partial charge in [0.1, 0.15) is 6.04 Å². The molecule has 0 saturated carbocycles. The number of hydrogen-bond donors (Lipinski definition) is 1. The Labute approximate surface area is 102 Å². The van der Waals surface area contributed by atoms with E-state index in [0.717, 1.165) is 25.9 Å². The Kier molecular flexibility index (Phi) is 3.78. The lowest BCUT2D eigenvalue weighted by molar-refractivity contribution is -0.135. The molecule has 1 aromatic heterocycles. The summed E-state index contributed by atoms with van der Waals surface area (Å²) >= 11 is 0. The number of hydrogen-bond acceptors (Lipinski definition) is 3. The Morgan fingerprint density at radius 2 is 2.24 bits per heavy atom. The SMILES string of the molecule is CC(C(=O)N(C)C1CCNCC1)n1cccn1. The van der Waals surface area contributed by atoms with E-state index in [9.17, 15) is 4.79 Å². The first-order chi connectivity index (χ1) is 8.20. The number of carbonyl (C=O) groups is 1. The second kappa shape index (κ2) is 5.31. The van der Waals surface area contributed by atoms with Crippen molar-refractivity contribution in [1.82, 2.24) is 20.0 Å². The molecule has 0 bridgehead atoms. The van der Waals surface area contributed by atoms with Crippen molar-refractivity contribution < 1.29 is 4.79 Å². The van der Waals surface area contributed by atoms with Gasteiger partial charge in [-0.1, -0.05) is 0 Å². The van der Waals surface area contributed by atoms with Gasteiger partial charge in [0.2, 0.25) is 5.91 Å². The van der Waals surface area contributed by atoms with Gasteiger partial charge >= 0.3 is 0 Å². The molecule has 5 nitrogen and oxygen atoms in total. The number of nitrogens with one attached hydrogen (secondary N) is 1. The summed E-state index contributed by atoms with van der Waals surface area (Å²) in [6.07, 6.45) is 5.61. The van der Waals surface area contributed by atoms with Crippen molar-refractivity contribution in [3.05, 3.63) is 18.5 Å². The van der Waals surface area contributed by atoms with E-state index >= 15 is 0 Å². The highest BCUT2D eigenvalue weighted by atomic mass is 16.2. The first-order valence-corrected chi connectivity index (χ1v) is 6.16. The van der Waals surface area contributed by atoms with Crippen molar-refractivity contribution in [2.45, 2.75) is 31.8 Å². The number of piperidine rings is 1. The largest absolute Gasteiger partial charge is 0.341 e. The molecule has 0 spiro atoms. The molecule has 2 rings (SSSR count). The van der Waals surface area contributed by atoms with E-state index in [0.29, 0.717) is 6.04 Å². The van der Waals surface area contributed by atoms with Crippen molar-refractivity contribution >= 4 is 5.91 Å². The molecular weight excluding hydrogens is 216 g/mol. The van der Waals surface area contributed by atoms with Gasteiger partial charge in [-0.05, 0) is 38.9 Å². The van der Waals surface area contributed by atoms with Gasteiger partial charge in [-0.25, -0.2) is 0 Å². The van der Waals surface area contributed by atoms with Crippen molar-refractivity contribution in [2.75, 3.05) is 20.1 Å². The molecule has 1 fully saturated rings. The van der Waals surface area contributed by atoms with Crippen LogP contribution in [0.25, 0.3) is 0 Å². The van der Waals surface area contributed by atoms with E-state index in [1.165, 1.54) is 0 Å². The lowest BCUT2D eigenvalue weighted by Gasteiger charge is -2.33. The monoisotopic (exact) mass is 236 g/mol. The quantitative estimate of drug-likeness (QED) is 0.838. The van der Waals surface area contributed by atoms with Crippen LogP contribution in [0.4, 0.5) is 0 Å². The fraction of sp³-hybridized carbons (Fsp3) is 0.667. The van der Waals surface area contributed by atoms with E-state index in [1.54, 1.807) is 10.9 Å². The molecule has 94 valence electrons. The summed E-state index contributed by atoms with van der Waals surface area (Å²) in [5, 5.41) is 7.43. The van der Waals surface area contributed by atoms with Gasteiger partial charge in [-0.3, -0.25) is 9.48 Å². The first-order valence-electron chi connectivity index (χ1n) is 6.16. The third-order valence-electron chi connectivity index (χ3n) is 3.48. The minimum Gasteiger partial charge on any atom is -0.341 e. The van der Waals surface area contributed by atoms with Crippen LogP contribution in [-0.4, -0.2) is 46.8 Å². The van der Waals surface area contributed by atoms with Crippen LogP contribution in [0.2, 0.25) is 0 Å². The maximum atomic E-state index is 12.3. The summed E-state index contributed by atoms with van der Waals surface area (Å²) in [5.41, 5.74) is 0. The topological polar surface area (TPSA) is 50.2 Å². The highest BCUT2D eigenvalue weighted by molar-refractivity contribution is 5.80. The molecule has 1 amide bonds. The van der Waals surface area contributed by atoms with Crippen LogP contribution >= 0.6 is 0 Å². The van der Waals surface area contributed by atoms with Gasteiger partial charge in [0.05, 0.1) is 0 Å². The van der Waals surface area contributed by atoms with Gasteiger partial charge in [0.15, 0.2) is 0 Å². The Bertz CT molecular complexity index is 357. The fourth-order valence-electron chi connectivity index (χ4n) is 2.29. The molecule has 1 aliphatic heterocycles. The summed E-state index contributed by atoms with van der Waals surface area (Å²) < 4.78 is 1.71. The number of aromatic nitrogens is 2. The molecule has 0 aromatic carbocycles. The molecule has 17 heavy (non-hydrogen) atoms. The van der Waals surface area contributed by atoms with Crippen LogP contribution in [0, 0.1) is 0 Å². The Morgan fingerprint density at radius 1 is 1.53 bits per heavy atom. The Hall–Kier alpha value is -1.36. The van der Waals surface area contributed by atoms with Gasteiger partial charge < -0.3 is 10.2 Å². The predicted octanol–water partition coefficient (Wildman–Crippen LogP) is 0.654. The van der Waals surface area contributed by atoms with Gasteiger partial charge in [-0.2, -0.15) is 5.10 Å². The molecule has 1 aliphatic rings. The maximum absolute atomic E-state index is 12.3. The van der Waals surface area contributed by atoms with Crippen LogP contribution in [0.3, 0.4) is 0 Å². The van der Waals surface area contributed by atoms with E-state index in [1.807, 2.05) is 31.1 Å². The van der Waals surface area contributed by atoms with E-state index < -0.39 is 0 Å². The summed E-state index contributed by atoms with van der Waals surface area (Å²) in [5.74, 6) is 0.139. The molecule has 2 heterocycles. The molecule has 1 aromatic rings. The number of likely N-dealkylation sites (N-methyl/N-ethyl adjacent to an activating group) is 1. The third-order valence-corrected chi connectivity index (χ3v) is 3.48. The van der Waals surface area contributed by atoms with Crippen LogP contribution in [0.5, 0.6) is 0 Å². The average molecular weight is 236 g/mol. The first kappa shape index (κ1) is 12.1. The van der Waals surface area contributed by atoms with Gasteiger partial charge in [0, 0.05) is 25.5 Å². The van der Waals surface area contributed by atoms with E-state index in [-0.39, 0.29) is 11.9 Å². The zero-order chi connectivity index (χ0) is 12.3. The molecular formula is C12H20N4O. The van der Waals surface area contributed by atoms with Crippen molar-refractivity contribution in [3.63, 3.8) is 0 Å². The average Bonchev–Trinajstić information content (AvgIpc) is 2.91. The summed E-state index contributed by atoms with van der Waals surface area (Å²) in [6.45, 7) is 3.89. The number of amides is 1. The lowest BCUT2D eigenvalue weighted by atomic mass is 10.0. The van der Waals surface area contributed by atoms with Crippen molar-refractivity contribution in [3.8, 4) is 0 Å². The molecule has 0 radical (unpaired) electrons. The molecule has 0 aliphatic carbocycles. The summed E-state index contributed by atoms with van der Waals surface area (Å²) in [4.78, 5) is 14.2. The second-order valence-electron chi connectivity index (χ2n) is 4.59. The molecule has 1 atom stereocenters. The zero-order valence-corrected chi connectivity index (χ0v) is 10.5. The van der Waals surface area contributed by atoms with Crippen molar-refractivity contribution in [2.24, 2.45) is 0 Å². The highest BCUT2D eigenvalue weighted by Gasteiger charge is 2.26. The van der Waals surface area contributed by atoms with Gasteiger partial charge in [0.25, 0.3) is 0 Å². The zero-order valence-electron chi connectivity index (χ0n) is 10.5. The highest BCUT2D eigenvalue weighted by Crippen LogP contribution is 2.15. The minimum atomic E-state index is -0.218. The maximum Gasteiger partial charge on any atom is 0.247 e. The Balaban J connectivity index is 1.98. The fourth-order valence-corrected chi connectivity index (χ4v) is 2.29. The number of rotatable bonds is 3. The number of carbonyl (C=O) groups excluding carboxylic acids is 1. The standard InChI is InChI=1S/C12H20N4O/c1-10(16-9-3-6-14-16)12(17)15(2)11-4-7-13-8-5-11/h3,6,9-11,13H,4-5,7-8H2,1-2H3. The van der Waals surface area contributed by atoms with Crippen LogP contribution < -0.4 is 5.32 Å². The third kappa shape index (κ3) is 2.66.